The number of allylic oxidation sites excluding steroid dienone is 1. The first-order valence-electron chi connectivity index (χ1n) is 5.13. The van der Waals surface area contributed by atoms with Gasteiger partial charge in [0.1, 0.15) is 0 Å². The van der Waals surface area contributed by atoms with Crippen LogP contribution in [-0.2, 0) is 14.3 Å². The van der Waals surface area contributed by atoms with Crippen molar-refractivity contribution in [2.24, 2.45) is 17.3 Å². The van der Waals surface area contributed by atoms with E-state index in [1.54, 1.807) is 20.8 Å². The Morgan fingerprint density at radius 3 is 2.41 bits per heavy atom. The van der Waals surface area contributed by atoms with Crippen molar-refractivity contribution in [2.75, 3.05) is 6.61 Å². The molecule has 0 aromatic carbocycles. The highest BCUT2D eigenvalue weighted by Crippen LogP contribution is 2.59. The van der Waals surface area contributed by atoms with Gasteiger partial charge in [0.25, 0.3) is 0 Å². The fourth-order valence-corrected chi connectivity index (χ4v) is 1.85. The molecule has 98 valence electrons. The van der Waals surface area contributed by atoms with E-state index in [1.165, 1.54) is 0 Å². The zero-order chi connectivity index (χ0) is 12.5. The lowest BCUT2D eigenvalue weighted by molar-refractivity contribution is -0.144. The summed E-state index contributed by atoms with van der Waals surface area (Å²) < 4.78 is 17.7. The molecular formula is C11H16ClFO4. The van der Waals surface area contributed by atoms with Crippen molar-refractivity contribution in [3.05, 3.63) is 11.9 Å². The molecule has 0 aromatic heterocycles. The summed E-state index contributed by atoms with van der Waals surface area (Å²) in [7, 11) is 0. The van der Waals surface area contributed by atoms with Gasteiger partial charge in [0.05, 0.1) is 12.0 Å². The third kappa shape index (κ3) is 2.77. The van der Waals surface area contributed by atoms with Crippen LogP contribution in [0.25, 0.3) is 0 Å². The van der Waals surface area contributed by atoms with Gasteiger partial charge in [0.15, 0.2) is 0 Å². The lowest BCUT2D eigenvalue weighted by Crippen LogP contribution is -2.14. The number of rotatable bonds is 4. The lowest BCUT2D eigenvalue weighted by atomic mass is 10.1. The van der Waals surface area contributed by atoms with Gasteiger partial charge in [-0.2, -0.15) is 4.39 Å². The first-order chi connectivity index (χ1) is 7.35. The van der Waals surface area contributed by atoms with Gasteiger partial charge < -0.3 is 9.84 Å². The summed E-state index contributed by atoms with van der Waals surface area (Å²) in [5, 5.41) is 8.94. The normalized spacial score (nSPS) is 31.4. The van der Waals surface area contributed by atoms with Gasteiger partial charge in [0, 0.05) is 0 Å². The average molecular weight is 267 g/mol. The number of hydrogen-bond donors (Lipinski definition) is 1. The molecular weight excluding hydrogens is 251 g/mol. The molecule has 0 amide bonds. The molecule has 1 N–H and O–H groups in total. The van der Waals surface area contributed by atoms with E-state index in [9.17, 15) is 14.0 Å². The molecule has 0 bridgehead atoms. The largest absolute Gasteiger partial charge is 0.481 e. The van der Waals surface area contributed by atoms with Gasteiger partial charge in [-0.25, -0.2) is 4.79 Å². The van der Waals surface area contributed by atoms with E-state index in [-0.39, 0.29) is 24.9 Å². The summed E-state index contributed by atoms with van der Waals surface area (Å²) in [6, 6.07) is 0. The standard InChI is InChI=1S/C11H15FO4.ClH/c1-4-16-9(13)8(12)5-7-6(2)11(7,3)10(14)15;/h5-7H,4H2,1-3H3,(H,14,15);1H. The lowest BCUT2D eigenvalue weighted by Gasteiger charge is -2.02. The van der Waals surface area contributed by atoms with E-state index in [0.29, 0.717) is 0 Å². The molecule has 1 rings (SSSR count). The second kappa shape index (κ2) is 5.49. The zero-order valence-electron chi connectivity index (χ0n) is 9.90. The maximum absolute atomic E-state index is 13.2. The number of halogens is 2. The van der Waals surface area contributed by atoms with Gasteiger partial charge in [-0.05, 0) is 31.8 Å². The van der Waals surface area contributed by atoms with Crippen LogP contribution in [0, 0.1) is 17.3 Å². The number of hydrogen-bond acceptors (Lipinski definition) is 3. The molecule has 1 fully saturated rings. The molecule has 4 nitrogen and oxygen atoms in total. The molecule has 0 aliphatic heterocycles. The molecule has 0 heterocycles. The molecule has 1 saturated carbocycles. The van der Waals surface area contributed by atoms with Crippen molar-refractivity contribution in [3.63, 3.8) is 0 Å². The highest BCUT2D eigenvalue weighted by molar-refractivity contribution is 5.87. The summed E-state index contributed by atoms with van der Waals surface area (Å²) in [5.41, 5.74) is -0.968. The van der Waals surface area contributed by atoms with Crippen molar-refractivity contribution < 1.29 is 23.8 Å². The van der Waals surface area contributed by atoms with Crippen molar-refractivity contribution in [2.45, 2.75) is 20.8 Å². The second-order valence-electron chi connectivity index (χ2n) is 4.14. The highest BCUT2D eigenvalue weighted by Gasteiger charge is 2.63. The SMILES string of the molecule is CCOC(=O)C(F)=CC1C(C)C1(C)C(=O)O.Cl. The molecule has 0 radical (unpaired) electrons. The first kappa shape index (κ1) is 15.9. The number of aliphatic carboxylic acids is 1. The summed E-state index contributed by atoms with van der Waals surface area (Å²) >= 11 is 0. The number of esters is 1. The second-order valence-corrected chi connectivity index (χ2v) is 4.14. The van der Waals surface area contributed by atoms with Crippen molar-refractivity contribution in [1.82, 2.24) is 0 Å². The Hall–Kier alpha value is -1.10. The molecule has 0 spiro atoms. The van der Waals surface area contributed by atoms with E-state index < -0.39 is 29.1 Å². The third-order valence-electron chi connectivity index (χ3n) is 3.33. The molecule has 17 heavy (non-hydrogen) atoms. The van der Waals surface area contributed by atoms with Crippen LogP contribution in [0.4, 0.5) is 4.39 Å². The molecule has 6 heteroatoms. The van der Waals surface area contributed by atoms with Gasteiger partial charge >= 0.3 is 11.9 Å². The fourth-order valence-electron chi connectivity index (χ4n) is 1.85. The van der Waals surface area contributed by atoms with E-state index in [0.717, 1.165) is 6.08 Å². The van der Waals surface area contributed by atoms with Gasteiger partial charge in [-0.1, -0.05) is 6.92 Å². The Kier molecular flexibility index (Phi) is 5.13. The zero-order valence-corrected chi connectivity index (χ0v) is 10.7. The predicted molar refractivity (Wildman–Crippen MR) is 61.5 cm³/mol. The number of ether oxygens (including phenoxy) is 1. The molecule has 3 atom stereocenters. The van der Waals surface area contributed by atoms with Crippen LogP contribution in [0.5, 0.6) is 0 Å². The number of carboxylic acids is 1. The van der Waals surface area contributed by atoms with Crippen LogP contribution < -0.4 is 0 Å². The van der Waals surface area contributed by atoms with Crippen LogP contribution in [0.1, 0.15) is 20.8 Å². The minimum absolute atomic E-state index is 0. The van der Waals surface area contributed by atoms with Crippen LogP contribution in [0.15, 0.2) is 11.9 Å². The smallest absolute Gasteiger partial charge is 0.366 e. The van der Waals surface area contributed by atoms with Crippen molar-refractivity contribution in [1.29, 1.82) is 0 Å². The van der Waals surface area contributed by atoms with Crippen LogP contribution in [0.3, 0.4) is 0 Å². The quantitative estimate of drug-likeness (QED) is 0.626. The van der Waals surface area contributed by atoms with Crippen molar-refractivity contribution in [3.8, 4) is 0 Å². The Labute approximate surface area is 105 Å². The number of carboxylic acid groups (broad SMARTS) is 1. The molecule has 1 aliphatic rings. The topological polar surface area (TPSA) is 63.6 Å². The molecule has 1 aliphatic carbocycles. The minimum Gasteiger partial charge on any atom is -0.481 e. The molecule has 0 saturated heterocycles. The monoisotopic (exact) mass is 266 g/mol. The Morgan fingerprint density at radius 1 is 1.53 bits per heavy atom. The average Bonchev–Trinajstić information content (AvgIpc) is 2.72. The Morgan fingerprint density at radius 2 is 2.06 bits per heavy atom. The van der Waals surface area contributed by atoms with Crippen LogP contribution >= 0.6 is 12.4 Å². The highest BCUT2D eigenvalue weighted by atomic mass is 35.5. The summed E-state index contributed by atoms with van der Waals surface area (Å²) in [6.45, 7) is 4.93. The third-order valence-corrected chi connectivity index (χ3v) is 3.33. The minimum atomic E-state index is -1.03. The van der Waals surface area contributed by atoms with Crippen molar-refractivity contribution >= 4 is 24.3 Å². The van der Waals surface area contributed by atoms with E-state index in [4.69, 9.17) is 5.11 Å². The van der Waals surface area contributed by atoms with Crippen LogP contribution in [-0.4, -0.2) is 23.7 Å². The Bertz CT molecular complexity index is 355. The summed E-state index contributed by atoms with van der Waals surface area (Å²) in [4.78, 5) is 21.9. The van der Waals surface area contributed by atoms with E-state index >= 15 is 0 Å². The predicted octanol–water partition coefficient (Wildman–Crippen LogP) is 2.18. The van der Waals surface area contributed by atoms with E-state index in [2.05, 4.69) is 4.74 Å². The first-order valence-corrected chi connectivity index (χ1v) is 5.13. The maximum atomic E-state index is 13.2. The summed E-state index contributed by atoms with van der Waals surface area (Å²) in [5.74, 6) is -3.64. The fraction of sp³-hybridized carbons (Fsp3) is 0.636. The molecule has 3 unspecified atom stereocenters. The Balaban J connectivity index is 0.00000256. The number of carbonyl (C=O) groups excluding carboxylic acids is 1. The number of carbonyl (C=O) groups is 2. The van der Waals surface area contributed by atoms with E-state index in [1.807, 2.05) is 0 Å². The maximum Gasteiger partial charge on any atom is 0.366 e. The summed E-state index contributed by atoms with van der Waals surface area (Å²) in [6.07, 6.45) is 1.05. The molecule has 0 aromatic rings. The van der Waals surface area contributed by atoms with Gasteiger partial charge in [-0.15, -0.1) is 12.4 Å². The van der Waals surface area contributed by atoms with Gasteiger partial charge in [-0.3, -0.25) is 4.79 Å². The van der Waals surface area contributed by atoms with Gasteiger partial charge in [0.2, 0.25) is 5.83 Å². The van der Waals surface area contributed by atoms with Crippen LogP contribution in [0.2, 0.25) is 0 Å².